The van der Waals surface area contributed by atoms with Gasteiger partial charge in [0.25, 0.3) is 0 Å². The van der Waals surface area contributed by atoms with E-state index in [1.54, 1.807) is 5.06 Å². The van der Waals surface area contributed by atoms with E-state index in [0.717, 1.165) is 6.54 Å². The van der Waals surface area contributed by atoms with Gasteiger partial charge in [0.05, 0.1) is 0 Å². The SMILES string of the molecule is C[C@@H]1CCCN1ON. The molecular formula is C5H12N2O. The highest BCUT2D eigenvalue weighted by molar-refractivity contribution is 4.67. The maximum atomic E-state index is 4.95. The molecule has 0 aromatic heterocycles. The highest BCUT2D eigenvalue weighted by Gasteiger charge is 2.19. The standard InChI is InChI=1S/C5H12N2O/c1-5-3-2-4-7(5)8-6/h5H,2-4,6H2,1H3/t5-/m1/s1. The van der Waals surface area contributed by atoms with E-state index in [9.17, 15) is 0 Å². The number of nitrogens with zero attached hydrogens (tertiary/aromatic N) is 1. The zero-order valence-corrected chi connectivity index (χ0v) is 5.13. The van der Waals surface area contributed by atoms with Crippen molar-refractivity contribution in [3.63, 3.8) is 0 Å². The van der Waals surface area contributed by atoms with Crippen molar-refractivity contribution in [3.8, 4) is 0 Å². The van der Waals surface area contributed by atoms with Crippen LogP contribution < -0.4 is 5.90 Å². The molecule has 0 unspecified atom stereocenters. The van der Waals surface area contributed by atoms with E-state index < -0.39 is 0 Å². The molecule has 0 saturated carbocycles. The van der Waals surface area contributed by atoms with Gasteiger partial charge < -0.3 is 0 Å². The summed E-state index contributed by atoms with van der Waals surface area (Å²) in [6.07, 6.45) is 2.41. The van der Waals surface area contributed by atoms with Gasteiger partial charge in [-0.3, -0.25) is 0 Å². The number of rotatable bonds is 1. The number of hydrogen-bond acceptors (Lipinski definition) is 3. The van der Waals surface area contributed by atoms with Crippen molar-refractivity contribution >= 4 is 0 Å². The molecule has 1 saturated heterocycles. The van der Waals surface area contributed by atoms with Crippen LogP contribution in [0.25, 0.3) is 0 Å². The summed E-state index contributed by atoms with van der Waals surface area (Å²) in [4.78, 5) is 4.56. The minimum absolute atomic E-state index is 0.514. The second-order valence-corrected chi connectivity index (χ2v) is 2.24. The smallest absolute Gasteiger partial charge is 0.0343 e. The van der Waals surface area contributed by atoms with Crippen LogP contribution in [0.4, 0.5) is 0 Å². The zero-order chi connectivity index (χ0) is 5.98. The first-order chi connectivity index (χ1) is 3.84. The first-order valence-electron chi connectivity index (χ1n) is 2.98. The van der Waals surface area contributed by atoms with E-state index in [2.05, 4.69) is 11.9 Å². The van der Waals surface area contributed by atoms with Crippen LogP contribution in [-0.2, 0) is 4.94 Å². The average molecular weight is 116 g/mol. The van der Waals surface area contributed by atoms with E-state index in [1.165, 1.54) is 12.8 Å². The molecule has 0 bridgehead atoms. The van der Waals surface area contributed by atoms with Gasteiger partial charge in [0.2, 0.25) is 0 Å². The second-order valence-electron chi connectivity index (χ2n) is 2.24. The summed E-state index contributed by atoms with van der Waals surface area (Å²) in [6.45, 7) is 3.09. The Kier molecular flexibility index (Phi) is 1.83. The second kappa shape index (κ2) is 2.44. The lowest BCUT2D eigenvalue weighted by atomic mass is 10.3. The predicted molar refractivity (Wildman–Crippen MR) is 30.7 cm³/mol. The Morgan fingerprint density at radius 1 is 1.75 bits per heavy atom. The monoisotopic (exact) mass is 116 g/mol. The lowest BCUT2D eigenvalue weighted by Crippen LogP contribution is -2.29. The quantitative estimate of drug-likeness (QED) is 0.500. The molecule has 0 radical (unpaired) electrons. The summed E-state index contributed by atoms with van der Waals surface area (Å²) >= 11 is 0. The van der Waals surface area contributed by atoms with Gasteiger partial charge in [0.1, 0.15) is 0 Å². The van der Waals surface area contributed by atoms with Crippen molar-refractivity contribution in [2.75, 3.05) is 6.54 Å². The summed E-state index contributed by atoms with van der Waals surface area (Å²) in [7, 11) is 0. The Bertz CT molecular complexity index is 76.8. The van der Waals surface area contributed by atoms with E-state index >= 15 is 0 Å². The fourth-order valence-corrected chi connectivity index (χ4v) is 1.06. The van der Waals surface area contributed by atoms with Gasteiger partial charge in [-0.05, 0) is 19.8 Å². The first kappa shape index (κ1) is 6.01. The van der Waals surface area contributed by atoms with Crippen LogP contribution in [0.15, 0.2) is 0 Å². The van der Waals surface area contributed by atoms with Crippen LogP contribution in [0, 0.1) is 0 Å². The molecule has 0 aromatic carbocycles. The van der Waals surface area contributed by atoms with E-state index in [-0.39, 0.29) is 0 Å². The third-order valence-corrected chi connectivity index (χ3v) is 1.63. The lowest BCUT2D eigenvalue weighted by molar-refractivity contribution is -0.168. The van der Waals surface area contributed by atoms with Crippen LogP contribution in [0.3, 0.4) is 0 Å². The van der Waals surface area contributed by atoms with Gasteiger partial charge >= 0.3 is 0 Å². The number of hydrogen-bond donors (Lipinski definition) is 1. The summed E-state index contributed by atoms with van der Waals surface area (Å²) < 4.78 is 0. The van der Waals surface area contributed by atoms with Crippen LogP contribution >= 0.6 is 0 Å². The molecule has 8 heavy (non-hydrogen) atoms. The van der Waals surface area contributed by atoms with Gasteiger partial charge in [-0.2, -0.15) is 11.0 Å². The van der Waals surface area contributed by atoms with Crippen molar-refractivity contribution < 1.29 is 4.94 Å². The lowest BCUT2D eigenvalue weighted by Gasteiger charge is -2.15. The van der Waals surface area contributed by atoms with Gasteiger partial charge in [-0.15, -0.1) is 0 Å². The summed E-state index contributed by atoms with van der Waals surface area (Å²) in [5, 5.41) is 1.81. The Hall–Kier alpha value is -0.120. The molecule has 1 rings (SSSR count). The molecule has 0 aliphatic carbocycles. The highest BCUT2D eigenvalue weighted by atomic mass is 16.8. The van der Waals surface area contributed by atoms with Gasteiger partial charge in [0.15, 0.2) is 0 Å². The summed E-state index contributed by atoms with van der Waals surface area (Å²) in [5.41, 5.74) is 0. The van der Waals surface area contributed by atoms with Crippen molar-refractivity contribution in [1.82, 2.24) is 5.06 Å². The fraction of sp³-hybridized carbons (Fsp3) is 1.00. The van der Waals surface area contributed by atoms with E-state index in [1.807, 2.05) is 0 Å². The van der Waals surface area contributed by atoms with Crippen LogP contribution in [0.5, 0.6) is 0 Å². The molecule has 0 amide bonds. The Morgan fingerprint density at radius 2 is 2.50 bits per heavy atom. The Balaban J connectivity index is 2.30. The minimum Gasteiger partial charge on any atom is -0.214 e. The molecule has 48 valence electrons. The molecule has 0 spiro atoms. The molecule has 1 aliphatic rings. The maximum absolute atomic E-state index is 4.95. The van der Waals surface area contributed by atoms with Crippen molar-refractivity contribution in [3.05, 3.63) is 0 Å². The normalized spacial score (nSPS) is 31.5. The molecule has 0 aromatic rings. The summed E-state index contributed by atoms with van der Waals surface area (Å²) in [6, 6.07) is 0.514. The summed E-state index contributed by atoms with van der Waals surface area (Å²) in [5.74, 6) is 4.95. The molecule has 2 N–H and O–H groups in total. The van der Waals surface area contributed by atoms with Crippen LogP contribution in [-0.4, -0.2) is 17.6 Å². The number of hydroxylamine groups is 2. The van der Waals surface area contributed by atoms with Crippen molar-refractivity contribution in [2.45, 2.75) is 25.8 Å². The Labute approximate surface area is 49.3 Å². The maximum Gasteiger partial charge on any atom is 0.0343 e. The minimum atomic E-state index is 0.514. The average Bonchev–Trinajstić information content (AvgIpc) is 2.14. The molecule has 1 heterocycles. The van der Waals surface area contributed by atoms with Crippen molar-refractivity contribution in [1.29, 1.82) is 0 Å². The van der Waals surface area contributed by atoms with E-state index in [4.69, 9.17) is 5.90 Å². The zero-order valence-electron chi connectivity index (χ0n) is 5.13. The molecular weight excluding hydrogens is 104 g/mol. The largest absolute Gasteiger partial charge is 0.214 e. The first-order valence-corrected chi connectivity index (χ1v) is 2.98. The van der Waals surface area contributed by atoms with Gasteiger partial charge in [-0.1, -0.05) is 0 Å². The van der Waals surface area contributed by atoms with Gasteiger partial charge in [-0.25, -0.2) is 4.94 Å². The molecule has 1 fully saturated rings. The van der Waals surface area contributed by atoms with Crippen LogP contribution in [0.1, 0.15) is 19.8 Å². The Morgan fingerprint density at radius 3 is 2.75 bits per heavy atom. The third-order valence-electron chi connectivity index (χ3n) is 1.63. The third kappa shape index (κ3) is 0.992. The highest BCUT2D eigenvalue weighted by Crippen LogP contribution is 2.14. The topological polar surface area (TPSA) is 38.5 Å². The molecule has 1 atom stereocenters. The van der Waals surface area contributed by atoms with Gasteiger partial charge in [0, 0.05) is 12.6 Å². The molecule has 1 aliphatic heterocycles. The predicted octanol–water partition coefficient (Wildman–Crippen LogP) is 0.276. The van der Waals surface area contributed by atoms with E-state index in [0.29, 0.717) is 6.04 Å². The molecule has 3 nitrogen and oxygen atoms in total. The molecule has 3 heteroatoms. The van der Waals surface area contributed by atoms with Crippen LogP contribution in [0.2, 0.25) is 0 Å². The fourth-order valence-electron chi connectivity index (χ4n) is 1.06. The van der Waals surface area contributed by atoms with Crippen molar-refractivity contribution in [2.24, 2.45) is 5.90 Å². The number of nitrogens with two attached hydrogens (primary N) is 1.